The number of rotatable bonds is 8. The summed E-state index contributed by atoms with van der Waals surface area (Å²) in [5.41, 5.74) is 8.36. The van der Waals surface area contributed by atoms with E-state index in [0.717, 1.165) is 24.8 Å². The second-order valence-electron chi connectivity index (χ2n) is 10.8. The third-order valence-corrected chi connectivity index (χ3v) is 8.10. The molecule has 1 heterocycles. The van der Waals surface area contributed by atoms with Gasteiger partial charge in [0, 0.05) is 23.7 Å². The van der Waals surface area contributed by atoms with Gasteiger partial charge in [-0.15, -0.1) is 0 Å². The number of anilines is 2. The van der Waals surface area contributed by atoms with Crippen molar-refractivity contribution < 1.29 is 19.1 Å². The molecule has 1 aliphatic heterocycles. The standard InChI is InChI=1S/C31H31ClFN5O3/c32-23-8-10-24(11-9-23)36-30(41)38-18-25(39)16-28(38)29(40)37-27-15-22(7-12-26(27)33)31(35,14-13-19-1-2-19)21-5-3-20(17-34)4-6-21/h3-12,15,19,25,28,39H,1-2,13-14,16,18,35H2,(H,36,41)(H,37,40)/t25-,28-,31?/m1/s1. The van der Waals surface area contributed by atoms with Crippen molar-refractivity contribution >= 4 is 34.9 Å². The van der Waals surface area contributed by atoms with Crippen LogP contribution in [0.4, 0.5) is 20.6 Å². The molecular formula is C31H31ClFN5O3. The minimum atomic E-state index is -1.02. The normalized spacial score (nSPS) is 19.7. The third kappa shape index (κ3) is 6.51. The largest absolute Gasteiger partial charge is 0.391 e. The van der Waals surface area contributed by atoms with Crippen molar-refractivity contribution in [2.45, 2.75) is 49.8 Å². The van der Waals surface area contributed by atoms with Gasteiger partial charge in [0.2, 0.25) is 5.91 Å². The number of hydrogen-bond donors (Lipinski definition) is 4. The molecule has 1 unspecified atom stereocenters. The molecule has 3 aromatic carbocycles. The first kappa shape index (κ1) is 28.6. The highest BCUT2D eigenvalue weighted by molar-refractivity contribution is 6.30. The lowest BCUT2D eigenvalue weighted by Crippen LogP contribution is -2.45. The lowest BCUT2D eigenvalue weighted by molar-refractivity contribution is -0.119. The van der Waals surface area contributed by atoms with Crippen LogP contribution in [-0.2, 0) is 10.3 Å². The summed E-state index contributed by atoms with van der Waals surface area (Å²) in [6.07, 6.45) is 2.92. The summed E-state index contributed by atoms with van der Waals surface area (Å²) in [6, 6.07) is 18.4. The minimum absolute atomic E-state index is 0.00857. The van der Waals surface area contributed by atoms with E-state index < -0.39 is 35.4 Å². The Morgan fingerprint density at radius 2 is 1.76 bits per heavy atom. The van der Waals surface area contributed by atoms with Gasteiger partial charge in [-0.05, 0) is 78.4 Å². The lowest BCUT2D eigenvalue weighted by atomic mass is 9.79. The fourth-order valence-corrected chi connectivity index (χ4v) is 5.39. The van der Waals surface area contributed by atoms with Gasteiger partial charge in [0.15, 0.2) is 0 Å². The fraction of sp³-hybridized carbons (Fsp3) is 0.323. The number of nitriles is 1. The van der Waals surface area contributed by atoms with Gasteiger partial charge in [0.1, 0.15) is 11.9 Å². The molecule has 10 heteroatoms. The number of urea groups is 1. The van der Waals surface area contributed by atoms with Gasteiger partial charge in [-0.1, -0.05) is 42.6 Å². The first-order chi connectivity index (χ1) is 19.7. The monoisotopic (exact) mass is 575 g/mol. The molecule has 212 valence electrons. The molecule has 0 spiro atoms. The molecule has 2 fully saturated rings. The smallest absolute Gasteiger partial charge is 0.322 e. The number of carbonyl (C=O) groups is 2. The van der Waals surface area contributed by atoms with Crippen molar-refractivity contribution in [2.75, 3.05) is 17.2 Å². The van der Waals surface area contributed by atoms with E-state index in [1.54, 1.807) is 42.5 Å². The quantitative estimate of drug-likeness (QED) is 0.287. The molecule has 5 N–H and O–H groups in total. The molecular weight excluding hydrogens is 545 g/mol. The van der Waals surface area contributed by atoms with Crippen molar-refractivity contribution in [3.05, 3.63) is 94.3 Å². The van der Waals surface area contributed by atoms with Gasteiger partial charge in [0.25, 0.3) is 0 Å². The number of likely N-dealkylation sites (tertiary alicyclic amines) is 1. The van der Waals surface area contributed by atoms with Crippen LogP contribution < -0.4 is 16.4 Å². The summed E-state index contributed by atoms with van der Waals surface area (Å²) in [5, 5.41) is 25.3. The predicted octanol–water partition coefficient (Wildman–Crippen LogP) is 5.35. The summed E-state index contributed by atoms with van der Waals surface area (Å²) >= 11 is 5.91. The van der Waals surface area contributed by atoms with E-state index >= 15 is 4.39 Å². The first-order valence-corrected chi connectivity index (χ1v) is 14.0. The van der Waals surface area contributed by atoms with Crippen LogP contribution in [0.25, 0.3) is 0 Å². The molecule has 1 saturated carbocycles. The van der Waals surface area contributed by atoms with Crippen LogP contribution in [0.15, 0.2) is 66.7 Å². The lowest BCUT2D eigenvalue weighted by Gasteiger charge is -2.32. The highest BCUT2D eigenvalue weighted by Crippen LogP contribution is 2.40. The Labute approximate surface area is 242 Å². The van der Waals surface area contributed by atoms with E-state index in [1.165, 1.54) is 17.0 Å². The Hall–Kier alpha value is -3.97. The number of carbonyl (C=O) groups excluding carboxylic acids is 2. The van der Waals surface area contributed by atoms with Gasteiger partial charge in [-0.2, -0.15) is 5.26 Å². The zero-order valence-corrected chi connectivity index (χ0v) is 23.1. The molecule has 5 rings (SSSR count). The van der Waals surface area contributed by atoms with Gasteiger partial charge in [-0.3, -0.25) is 4.79 Å². The molecule has 3 aromatic rings. The summed E-state index contributed by atoms with van der Waals surface area (Å²) in [6.45, 7) is -0.0498. The number of hydrogen-bond acceptors (Lipinski definition) is 5. The molecule has 1 aliphatic carbocycles. The molecule has 0 radical (unpaired) electrons. The Bertz CT molecular complexity index is 1470. The van der Waals surface area contributed by atoms with Crippen molar-refractivity contribution in [1.82, 2.24) is 4.90 Å². The fourth-order valence-electron chi connectivity index (χ4n) is 5.27. The maximum absolute atomic E-state index is 15.0. The SMILES string of the molecule is N#Cc1ccc(C(N)(CCC2CC2)c2ccc(F)c(NC(=O)[C@H]3C[C@@H](O)CN3C(=O)Nc3ccc(Cl)cc3)c2)cc1. The summed E-state index contributed by atoms with van der Waals surface area (Å²) < 4.78 is 15.0. The number of nitrogens with zero attached hydrogens (tertiary/aromatic N) is 2. The summed E-state index contributed by atoms with van der Waals surface area (Å²) in [7, 11) is 0. The average molecular weight is 576 g/mol. The third-order valence-electron chi connectivity index (χ3n) is 7.85. The number of nitrogens with one attached hydrogen (secondary N) is 2. The summed E-state index contributed by atoms with van der Waals surface area (Å²) in [5.74, 6) is -0.667. The van der Waals surface area contributed by atoms with Crippen LogP contribution in [-0.4, -0.2) is 40.6 Å². The van der Waals surface area contributed by atoms with Crippen LogP contribution in [0.3, 0.4) is 0 Å². The maximum atomic E-state index is 15.0. The zero-order valence-electron chi connectivity index (χ0n) is 22.3. The van der Waals surface area contributed by atoms with Crippen LogP contribution in [0.2, 0.25) is 5.02 Å². The van der Waals surface area contributed by atoms with Crippen molar-refractivity contribution in [2.24, 2.45) is 11.7 Å². The Kier molecular flexibility index (Phi) is 8.27. The Morgan fingerprint density at radius 1 is 1.07 bits per heavy atom. The number of aliphatic hydroxyl groups is 1. The number of halogens is 2. The number of aliphatic hydroxyl groups excluding tert-OH is 1. The number of amides is 3. The zero-order chi connectivity index (χ0) is 29.1. The highest BCUT2D eigenvalue weighted by Gasteiger charge is 2.40. The molecule has 41 heavy (non-hydrogen) atoms. The van der Waals surface area contributed by atoms with E-state index in [2.05, 4.69) is 16.7 Å². The molecule has 8 nitrogen and oxygen atoms in total. The predicted molar refractivity (Wildman–Crippen MR) is 155 cm³/mol. The molecule has 1 saturated heterocycles. The van der Waals surface area contributed by atoms with Crippen LogP contribution in [0, 0.1) is 23.1 Å². The van der Waals surface area contributed by atoms with Gasteiger partial charge >= 0.3 is 6.03 Å². The highest BCUT2D eigenvalue weighted by atomic mass is 35.5. The summed E-state index contributed by atoms with van der Waals surface area (Å²) in [4.78, 5) is 27.6. The topological polar surface area (TPSA) is 131 Å². The number of nitrogens with two attached hydrogens (primary N) is 1. The van der Waals surface area contributed by atoms with Crippen molar-refractivity contribution in [3.8, 4) is 6.07 Å². The molecule has 3 atom stereocenters. The Balaban J connectivity index is 1.37. The molecule has 0 aromatic heterocycles. The van der Waals surface area contributed by atoms with Crippen LogP contribution in [0.1, 0.15) is 48.8 Å². The average Bonchev–Trinajstić information content (AvgIpc) is 3.72. The molecule has 3 amide bonds. The van der Waals surface area contributed by atoms with E-state index in [9.17, 15) is 20.0 Å². The molecule has 0 bridgehead atoms. The van der Waals surface area contributed by atoms with E-state index in [4.69, 9.17) is 17.3 Å². The van der Waals surface area contributed by atoms with Crippen molar-refractivity contribution in [1.29, 1.82) is 5.26 Å². The minimum Gasteiger partial charge on any atom is -0.391 e. The van der Waals surface area contributed by atoms with Gasteiger partial charge < -0.3 is 26.4 Å². The van der Waals surface area contributed by atoms with E-state index in [1.807, 2.05) is 12.1 Å². The van der Waals surface area contributed by atoms with Gasteiger partial charge in [0.05, 0.1) is 29.0 Å². The maximum Gasteiger partial charge on any atom is 0.322 e. The van der Waals surface area contributed by atoms with Crippen molar-refractivity contribution in [3.63, 3.8) is 0 Å². The second-order valence-corrected chi connectivity index (χ2v) is 11.3. The van der Waals surface area contributed by atoms with Crippen LogP contribution in [0.5, 0.6) is 0 Å². The van der Waals surface area contributed by atoms with E-state index in [-0.39, 0.29) is 18.7 Å². The number of β-amino-alcohol motifs (C(OH)–C–C–N with tert-alkyl or cyclic N) is 1. The number of benzene rings is 3. The first-order valence-electron chi connectivity index (χ1n) is 13.6. The second kappa shape index (κ2) is 11.9. The van der Waals surface area contributed by atoms with Crippen LogP contribution >= 0.6 is 11.6 Å². The molecule has 2 aliphatic rings. The Morgan fingerprint density at radius 3 is 2.41 bits per heavy atom. The van der Waals surface area contributed by atoms with E-state index in [0.29, 0.717) is 34.2 Å². The van der Waals surface area contributed by atoms with Gasteiger partial charge in [-0.25, -0.2) is 9.18 Å².